The number of rotatable bonds is 10. The Hall–Kier alpha value is -4.46. The zero-order valence-corrected chi connectivity index (χ0v) is 19.4. The Kier molecular flexibility index (Phi) is 7.52. The molecule has 4 rings (SSSR count). The molecule has 0 aliphatic rings. The second-order valence-electron chi connectivity index (χ2n) is 7.35. The van der Waals surface area contributed by atoms with Crippen LogP contribution < -0.4 is 9.47 Å². The number of esters is 1. The first-order chi connectivity index (χ1) is 17.1. The van der Waals surface area contributed by atoms with Gasteiger partial charge >= 0.3 is 5.97 Å². The molecule has 1 heterocycles. The van der Waals surface area contributed by atoms with Gasteiger partial charge in [0.2, 0.25) is 5.89 Å². The molecule has 35 heavy (non-hydrogen) atoms. The molecule has 0 spiro atoms. The van der Waals surface area contributed by atoms with Crippen molar-refractivity contribution in [1.82, 2.24) is 10.2 Å². The maximum atomic E-state index is 13.3. The lowest BCUT2D eigenvalue weighted by atomic mass is 9.98. The van der Waals surface area contributed by atoms with Crippen molar-refractivity contribution >= 4 is 11.8 Å². The van der Waals surface area contributed by atoms with Gasteiger partial charge in [0.05, 0.1) is 18.8 Å². The molecule has 1 aromatic heterocycles. The van der Waals surface area contributed by atoms with Crippen molar-refractivity contribution in [3.05, 3.63) is 95.4 Å². The van der Waals surface area contributed by atoms with E-state index in [2.05, 4.69) is 10.2 Å². The lowest BCUT2D eigenvalue weighted by molar-refractivity contribution is 0.0436. The van der Waals surface area contributed by atoms with E-state index in [4.69, 9.17) is 18.6 Å². The molecule has 0 N–H and O–H groups in total. The van der Waals surface area contributed by atoms with Crippen LogP contribution in [0.25, 0.3) is 11.5 Å². The maximum absolute atomic E-state index is 13.3. The number of carbonyl (C=O) groups excluding carboxylic acids is 2. The summed E-state index contributed by atoms with van der Waals surface area (Å²) in [6.07, 6.45) is 0. The zero-order chi connectivity index (χ0) is 24.6. The smallest absolute Gasteiger partial charge is 0.339 e. The highest BCUT2D eigenvalue weighted by Gasteiger charge is 2.21. The van der Waals surface area contributed by atoms with Crippen LogP contribution in [0.2, 0.25) is 0 Å². The maximum Gasteiger partial charge on any atom is 0.339 e. The van der Waals surface area contributed by atoms with Crippen LogP contribution in [-0.2, 0) is 11.3 Å². The highest BCUT2D eigenvalue weighted by molar-refractivity contribution is 6.14. The van der Waals surface area contributed by atoms with Gasteiger partial charge in [0.15, 0.2) is 23.9 Å². The summed E-state index contributed by atoms with van der Waals surface area (Å²) in [5, 5.41) is 7.91. The van der Waals surface area contributed by atoms with Crippen molar-refractivity contribution in [1.29, 1.82) is 0 Å². The van der Waals surface area contributed by atoms with Crippen LogP contribution in [-0.4, -0.2) is 35.2 Å². The molecule has 0 aliphatic heterocycles. The fraction of sp³-hybridized carbons (Fsp3) is 0.185. The molecule has 0 atom stereocenters. The third-order valence-electron chi connectivity index (χ3n) is 5.01. The Morgan fingerprint density at radius 2 is 1.49 bits per heavy atom. The molecule has 0 radical (unpaired) electrons. The normalized spacial score (nSPS) is 10.6. The van der Waals surface area contributed by atoms with Gasteiger partial charge in [0, 0.05) is 16.7 Å². The summed E-state index contributed by atoms with van der Waals surface area (Å²) in [5.41, 5.74) is 1.46. The molecule has 4 aromatic rings. The van der Waals surface area contributed by atoms with Gasteiger partial charge in [-0.05, 0) is 50.2 Å². The second kappa shape index (κ2) is 11.1. The molecule has 0 amide bonds. The fourth-order valence-electron chi connectivity index (χ4n) is 3.42. The molecule has 8 nitrogen and oxygen atoms in total. The summed E-state index contributed by atoms with van der Waals surface area (Å²) in [7, 11) is 0. The number of carbonyl (C=O) groups is 2. The SMILES string of the molecule is CCOc1ccc(C(=O)c2ccccc2C(=O)OCc2nnc(-c3ccccc3)o2)cc1OCC. The van der Waals surface area contributed by atoms with E-state index in [0.717, 1.165) is 5.56 Å². The molecular weight excluding hydrogens is 448 g/mol. The first kappa shape index (κ1) is 23.7. The van der Waals surface area contributed by atoms with E-state index in [9.17, 15) is 9.59 Å². The average molecular weight is 472 g/mol. The van der Waals surface area contributed by atoms with Gasteiger partial charge in [-0.1, -0.05) is 36.4 Å². The number of ether oxygens (including phenoxy) is 3. The summed E-state index contributed by atoms with van der Waals surface area (Å²) < 4.78 is 22.1. The van der Waals surface area contributed by atoms with Crippen molar-refractivity contribution in [3.8, 4) is 23.0 Å². The first-order valence-electron chi connectivity index (χ1n) is 11.2. The Morgan fingerprint density at radius 3 is 2.23 bits per heavy atom. The van der Waals surface area contributed by atoms with E-state index in [1.165, 1.54) is 6.07 Å². The molecule has 8 heteroatoms. The molecule has 0 aliphatic carbocycles. The van der Waals surface area contributed by atoms with Crippen LogP contribution in [0.15, 0.2) is 77.2 Å². The zero-order valence-electron chi connectivity index (χ0n) is 19.4. The Bertz CT molecular complexity index is 1320. The quantitative estimate of drug-likeness (QED) is 0.232. The number of hydrogen-bond donors (Lipinski definition) is 0. The predicted molar refractivity (Wildman–Crippen MR) is 128 cm³/mol. The summed E-state index contributed by atoms with van der Waals surface area (Å²) in [6.45, 7) is 4.38. The van der Waals surface area contributed by atoms with Crippen molar-refractivity contribution < 1.29 is 28.2 Å². The number of nitrogens with zero attached hydrogens (tertiary/aromatic N) is 2. The van der Waals surface area contributed by atoms with Crippen LogP contribution in [0.4, 0.5) is 0 Å². The lowest BCUT2D eigenvalue weighted by Gasteiger charge is -2.13. The fourth-order valence-corrected chi connectivity index (χ4v) is 3.42. The van der Waals surface area contributed by atoms with Gasteiger partial charge in [-0.15, -0.1) is 10.2 Å². The number of hydrogen-bond acceptors (Lipinski definition) is 8. The molecule has 3 aromatic carbocycles. The largest absolute Gasteiger partial charge is 0.490 e. The van der Waals surface area contributed by atoms with E-state index in [-0.39, 0.29) is 29.4 Å². The highest BCUT2D eigenvalue weighted by Crippen LogP contribution is 2.30. The van der Waals surface area contributed by atoms with Crippen LogP contribution >= 0.6 is 0 Å². The molecule has 0 unspecified atom stereocenters. The van der Waals surface area contributed by atoms with Crippen molar-refractivity contribution in [2.24, 2.45) is 0 Å². The standard InChI is InChI=1S/C27H24N2O6/c1-3-32-22-15-14-19(16-23(22)33-4-2)25(30)20-12-8-9-13-21(20)27(31)34-17-24-28-29-26(35-24)18-10-6-5-7-11-18/h5-16H,3-4,17H2,1-2H3. The Labute approximate surface area is 202 Å². The summed E-state index contributed by atoms with van der Waals surface area (Å²) in [4.78, 5) is 26.1. The highest BCUT2D eigenvalue weighted by atomic mass is 16.5. The monoisotopic (exact) mass is 472 g/mol. The van der Waals surface area contributed by atoms with E-state index >= 15 is 0 Å². The van der Waals surface area contributed by atoms with Gasteiger partial charge in [-0.25, -0.2) is 4.79 Å². The van der Waals surface area contributed by atoms with Crippen LogP contribution in [0, 0.1) is 0 Å². The minimum Gasteiger partial charge on any atom is -0.490 e. The number of benzene rings is 3. The topological polar surface area (TPSA) is 101 Å². The van der Waals surface area contributed by atoms with Crippen molar-refractivity contribution in [2.75, 3.05) is 13.2 Å². The summed E-state index contributed by atoms with van der Waals surface area (Å²) in [5.74, 6) is 0.468. The third kappa shape index (κ3) is 5.55. The van der Waals surface area contributed by atoms with E-state index in [1.807, 2.05) is 44.2 Å². The third-order valence-corrected chi connectivity index (χ3v) is 5.01. The number of ketones is 1. The summed E-state index contributed by atoms with van der Waals surface area (Å²) >= 11 is 0. The molecule has 178 valence electrons. The molecule has 0 saturated carbocycles. The minimum absolute atomic E-state index is 0.132. The van der Waals surface area contributed by atoms with E-state index < -0.39 is 5.97 Å². The van der Waals surface area contributed by atoms with E-state index in [1.54, 1.807) is 36.4 Å². The number of aromatic nitrogens is 2. The van der Waals surface area contributed by atoms with E-state index in [0.29, 0.717) is 36.2 Å². The van der Waals surface area contributed by atoms with Gasteiger partial charge in [0.1, 0.15) is 0 Å². The Balaban J connectivity index is 1.51. The van der Waals surface area contributed by atoms with Crippen LogP contribution in [0.5, 0.6) is 11.5 Å². The molecule has 0 bridgehead atoms. The average Bonchev–Trinajstić information content (AvgIpc) is 3.38. The van der Waals surface area contributed by atoms with Crippen LogP contribution in [0.3, 0.4) is 0 Å². The van der Waals surface area contributed by atoms with Crippen LogP contribution in [0.1, 0.15) is 46.0 Å². The van der Waals surface area contributed by atoms with Gasteiger partial charge in [-0.2, -0.15) is 0 Å². The lowest BCUT2D eigenvalue weighted by Crippen LogP contribution is -2.13. The Morgan fingerprint density at radius 1 is 0.800 bits per heavy atom. The molecular formula is C27H24N2O6. The summed E-state index contributed by atoms with van der Waals surface area (Å²) in [6, 6.07) is 20.7. The second-order valence-corrected chi connectivity index (χ2v) is 7.35. The first-order valence-corrected chi connectivity index (χ1v) is 11.2. The van der Waals surface area contributed by atoms with Crippen molar-refractivity contribution in [2.45, 2.75) is 20.5 Å². The predicted octanol–water partition coefficient (Wildman–Crippen LogP) is 5.12. The van der Waals surface area contributed by atoms with Gasteiger partial charge < -0.3 is 18.6 Å². The molecule has 0 fully saturated rings. The van der Waals surface area contributed by atoms with Gasteiger partial charge in [0.25, 0.3) is 5.89 Å². The minimum atomic E-state index is -0.677. The molecule has 0 saturated heterocycles. The van der Waals surface area contributed by atoms with Gasteiger partial charge in [-0.3, -0.25) is 4.79 Å². The van der Waals surface area contributed by atoms with Crippen molar-refractivity contribution in [3.63, 3.8) is 0 Å².